The number of nitrogens with zero attached hydrogens (tertiary/aromatic N) is 3. The molecule has 0 bridgehead atoms. The number of carbonyl (C=O) groups excluding carboxylic acids is 1. The van der Waals surface area contributed by atoms with Gasteiger partial charge in [0, 0.05) is 16.7 Å². The molecular weight excluding hydrogens is 452 g/mol. The van der Waals surface area contributed by atoms with Crippen molar-refractivity contribution in [3.63, 3.8) is 0 Å². The molecule has 0 saturated carbocycles. The second kappa shape index (κ2) is 9.25. The van der Waals surface area contributed by atoms with Gasteiger partial charge in [-0.15, -0.1) is 0 Å². The number of rotatable bonds is 6. The zero-order chi connectivity index (χ0) is 21.0. The van der Waals surface area contributed by atoms with Crippen LogP contribution in [0, 0.1) is 17.2 Å². The van der Waals surface area contributed by atoms with Gasteiger partial charge >= 0.3 is 0 Å². The Balaban J connectivity index is 1.82. The molecule has 1 aromatic heterocycles. The van der Waals surface area contributed by atoms with Crippen molar-refractivity contribution in [3.05, 3.63) is 62.9 Å². The number of amides is 1. The van der Waals surface area contributed by atoms with Crippen molar-refractivity contribution in [2.75, 3.05) is 11.1 Å². The van der Waals surface area contributed by atoms with Crippen LogP contribution in [0.25, 0.3) is 10.9 Å². The molecule has 0 aliphatic rings. The van der Waals surface area contributed by atoms with Crippen LogP contribution in [-0.2, 0) is 11.3 Å². The largest absolute Gasteiger partial charge is 0.325 e. The van der Waals surface area contributed by atoms with Crippen molar-refractivity contribution in [3.8, 4) is 6.07 Å². The number of nitriles is 1. The lowest BCUT2D eigenvalue weighted by Crippen LogP contribution is -2.26. The Kier molecular flexibility index (Phi) is 6.72. The summed E-state index contributed by atoms with van der Waals surface area (Å²) in [5.41, 5.74) is 1.64. The summed E-state index contributed by atoms with van der Waals surface area (Å²) in [5, 5.41) is 12.7. The summed E-state index contributed by atoms with van der Waals surface area (Å²) >= 11 is 4.63. The molecule has 8 heteroatoms. The lowest BCUT2D eigenvalue weighted by atomic mass is 10.2. The highest BCUT2D eigenvalue weighted by Gasteiger charge is 2.15. The molecule has 148 valence electrons. The topological polar surface area (TPSA) is 87.8 Å². The van der Waals surface area contributed by atoms with Crippen molar-refractivity contribution in [1.82, 2.24) is 9.55 Å². The standard InChI is InChI=1S/C21H19BrN4O2S/c1-13(2)11-26-20(28)17-9-15(22)5-8-18(17)25-21(26)29-12-19(27)24-16-6-3-14(10-23)4-7-16/h3-9,13H,11-12H2,1-2H3,(H,24,27). The highest BCUT2D eigenvalue weighted by Crippen LogP contribution is 2.21. The monoisotopic (exact) mass is 470 g/mol. The Morgan fingerprint density at radius 1 is 1.28 bits per heavy atom. The van der Waals surface area contributed by atoms with E-state index in [0.29, 0.717) is 33.9 Å². The molecule has 0 spiro atoms. The van der Waals surface area contributed by atoms with Crippen molar-refractivity contribution >= 4 is 50.2 Å². The molecule has 0 unspecified atom stereocenters. The van der Waals surface area contributed by atoms with Crippen LogP contribution in [0.1, 0.15) is 19.4 Å². The van der Waals surface area contributed by atoms with Crippen LogP contribution in [0.5, 0.6) is 0 Å². The van der Waals surface area contributed by atoms with Crippen LogP contribution < -0.4 is 10.9 Å². The maximum absolute atomic E-state index is 13.0. The Morgan fingerprint density at radius 3 is 2.66 bits per heavy atom. The van der Waals surface area contributed by atoms with Gasteiger partial charge in [0.25, 0.3) is 5.56 Å². The van der Waals surface area contributed by atoms with Gasteiger partial charge in [-0.3, -0.25) is 14.2 Å². The zero-order valence-corrected chi connectivity index (χ0v) is 18.4. The average Bonchev–Trinajstić information content (AvgIpc) is 2.69. The van der Waals surface area contributed by atoms with E-state index in [1.165, 1.54) is 11.8 Å². The molecule has 0 aliphatic carbocycles. The summed E-state index contributed by atoms with van der Waals surface area (Å²) in [6.45, 7) is 4.58. The van der Waals surface area contributed by atoms with E-state index >= 15 is 0 Å². The minimum atomic E-state index is -0.207. The molecule has 0 atom stereocenters. The maximum atomic E-state index is 13.0. The molecule has 0 radical (unpaired) electrons. The Bertz CT molecular complexity index is 1150. The fraction of sp³-hybridized carbons (Fsp3) is 0.238. The molecule has 6 nitrogen and oxygen atoms in total. The predicted octanol–water partition coefficient (Wildman–Crippen LogP) is 4.42. The van der Waals surface area contributed by atoms with Gasteiger partial charge < -0.3 is 5.32 Å². The minimum Gasteiger partial charge on any atom is -0.325 e. The molecule has 3 aromatic rings. The molecule has 0 saturated heterocycles. The van der Waals surface area contributed by atoms with Gasteiger partial charge in [-0.1, -0.05) is 41.5 Å². The van der Waals surface area contributed by atoms with Gasteiger partial charge in [0.2, 0.25) is 5.91 Å². The Morgan fingerprint density at radius 2 is 2.00 bits per heavy atom. The van der Waals surface area contributed by atoms with Crippen LogP contribution in [0.15, 0.2) is 56.9 Å². The second-order valence-electron chi connectivity index (χ2n) is 6.89. The van der Waals surface area contributed by atoms with E-state index in [4.69, 9.17) is 5.26 Å². The molecule has 29 heavy (non-hydrogen) atoms. The maximum Gasteiger partial charge on any atom is 0.262 e. The smallest absolute Gasteiger partial charge is 0.262 e. The third-order valence-corrected chi connectivity index (χ3v) is 5.53. The zero-order valence-electron chi connectivity index (χ0n) is 16.0. The lowest BCUT2D eigenvalue weighted by Gasteiger charge is -2.15. The fourth-order valence-corrected chi connectivity index (χ4v) is 3.93. The molecular formula is C21H19BrN4O2S. The molecule has 1 amide bonds. The number of carbonyl (C=O) groups is 1. The van der Waals surface area contributed by atoms with E-state index < -0.39 is 0 Å². The Labute approximate surface area is 181 Å². The first-order valence-corrected chi connectivity index (χ1v) is 10.8. The number of halogens is 1. The van der Waals surface area contributed by atoms with Crippen LogP contribution in [-0.4, -0.2) is 21.2 Å². The summed E-state index contributed by atoms with van der Waals surface area (Å²) in [6.07, 6.45) is 0. The Hall–Kier alpha value is -2.63. The van der Waals surface area contributed by atoms with Crippen molar-refractivity contribution < 1.29 is 4.79 Å². The molecule has 3 rings (SSSR count). The number of fused-ring (bicyclic) bond motifs is 1. The van der Waals surface area contributed by atoms with E-state index in [-0.39, 0.29) is 23.1 Å². The first-order chi connectivity index (χ1) is 13.9. The van der Waals surface area contributed by atoms with E-state index in [0.717, 1.165) is 4.47 Å². The van der Waals surface area contributed by atoms with Gasteiger partial charge in [-0.25, -0.2) is 4.98 Å². The number of aromatic nitrogens is 2. The van der Waals surface area contributed by atoms with E-state index in [1.54, 1.807) is 41.0 Å². The first-order valence-electron chi connectivity index (χ1n) is 9.00. The van der Waals surface area contributed by atoms with E-state index in [1.807, 2.05) is 26.0 Å². The molecule has 0 fully saturated rings. The quantitative estimate of drug-likeness (QED) is 0.425. The number of benzene rings is 2. The van der Waals surface area contributed by atoms with Gasteiger partial charge in [-0.2, -0.15) is 5.26 Å². The normalized spacial score (nSPS) is 10.9. The van der Waals surface area contributed by atoms with Crippen LogP contribution in [0.4, 0.5) is 5.69 Å². The molecule has 1 heterocycles. The fourth-order valence-electron chi connectivity index (χ4n) is 2.76. The van der Waals surface area contributed by atoms with E-state index in [9.17, 15) is 9.59 Å². The minimum absolute atomic E-state index is 0.111. The van der Waals surface area contributed by atoms with Gasteiger partial charge in [0.1, 0.15) is 0 Å². The first kappa shape index (κ1) is 21.1. The summed E-state index contributed by atoms with van der Waals surface area (Å²) < 4.78 is 2.46. The second-order valence-corrected chi connectivity index (χ2v) is 8.75. The number of nitrogens with one attached hydrogen (secondary N) is 1. The van der Waals surface area contributed by atoms with Crippen molar-refractivity contribution in [1.29, 1.82) is 5.26 Å². The third kappa shape index (κ3) is 5.25. The highest BCUT2D eigenvalue weighted by atomic mass is 79.9. The number of thioether (sulfide) groups is 1. The van der Waals surface area contributed by atoms with Crippen molar-refractivity contribution in [2.24, 2.45) is 5.92 Å². The number of anilines is 1. The predicted molar refractivity (Wildman–Crippen MR) is 119 cm³/mol. The van der Waals surface area contributed by atoms with Gasteiger partial charge in [0.15, 0.2) is 5.16 Å². The van der Waals surface area contributed by atoms with Gasteiger partial charge in [0.05, 0.1) is 28.3 Å². The van der Waals surface area contributed by atoms with E-state index in [2.05, 4.69) is 26.2 Å². The van der Waals surface area contributed by atoms with Crippen molar-refractivity contribution in [2.45, 2.75) is 25.5 Å². The molecule has 1 N–H and O–H groups in total. The average molecular weight is 471 g/mol. The SMILES string of the molecule is CC(C)Cn1c(SCC(=O)Nc2ccc(C#N)cc2)nc2ccc(Br)cc2c1=O. The lowest BCUT2D eigenvalue weighted by molar-refractivity contribution is -0.113. The highest BCUT2D eigenvalue weighted by molar-refractivity contribution is 9.10. The summed E-state index contributed by atoms with van der Waals surface area (Å²) in [4.78, 5) is 30.0. The third-order valence-electron chi connectivity index (χ3n) is 4.06. The molecule has 0 aliphatic heterocycles. The van der Waals surface area contributed by atoms with Crippen LogP contribution in [0.2, 0.25) is 0 Å². The van der Waals surface area contributed by atoms with Crippen LogP contribution in [0.3, 0.4) is 0 Å². The summed E-state index contributed by atoms with van der Waals surface area (Å²) in [6, 6.07) is 14.1. The number of hydrogen-bond acceptors (Lipinski definition) is 5. The van der Waals surface area contributed by atoms with Crippen LogP contribution >= 0.6 is 27.7 Å². The summed E-state index contributed by atoms with van der Waals surface area (Å²) in [5.74, 6) is 0.166. The van der Waals surface area contributed by atoms with Gasteiger partial charge in [-0.05, 0) is 48.4 Å². The molecule has 2 aromatic carbocycles. The summed E-state index contributed by atoms with van der Waals surface area (Å²) in [7, 11) is 0. The number of hydrogen-bond donors (Lipinski definition) is 1.